The van der Waals surface area contributed by atoms with Crippen LogP contribution in [0.1, 0.15) is 18.1 Å². The van der Waals surface area contributed by atoms with Crippen molar-refractivity contribution in [2.75, 3.05) is 19.5 Å². The lowest BCUT2D eigenvalue weighted by atomic mass is 10.2. The van der Waals surface area contributed by atoms with Crippen LogP contribution in [0.25, 0.3) is 0 Å². The number of hydrogen-bond donors (Lipinski definition) is 1. The number of carbonyl (C=O) groups excluding carboxylic acids is 1. The molecule has 0 aliphatic carbocycles. The van der Waals surface area contributed by atoms with Gasteiger partial charge < -0.3 is 14.8 Å². The van der Waals surface area contributed by atoms with Gasteiger partial charge in [-0.05, 0) is 31.5 Å². The highest BCUT2D eigenvalue weighted by Gasteiger charge is 2.15. The molecule has 0 spiro atoms. The molecule has 0 aliphatic rings. The van der Waals surface area contributed by atoms with Crippen molar-refractivity contribution in [3.8, 4) is 11.5 Å². The Morgan fingerprint density at radius 3 is 2.38 bits per heavy atom. The Hall–Kier alpha value is -2.14. The third-order valence-corrected chi connectivity index (χ3v) is 4.85. The molecule has 2 aromatic carbocycles. The van der Waals surface area contributed by atoms with Crippen molar-refractivity contribution in [2.24, 2.45) is 0 Å². The summed E-state index contributed by atoms with van der Waals surface area (Å²) in [6, 6.07) is 13.7. The number of benzene rings is 2. The summed E-state index contributed by atoms with van der Waals surface area (Å²) >= 11 is 1.61. The van der Waals surface area contributed by atoms with Gasteiger partial charge in [-0.1, -0.05) is 29.8 Å². The molecule has 0 heterocycles. The number of aryl methyl sites for hydroxylation is 1. The smallest absolute Gasteiger partial charge is 0.237 e. The van der Waals surface area contributed by atoms with Gasteiger partial charge in [0.1, 0.15) is 0 Å². The van der Waals surface area contributed by atoms with Gasteiger partial charge in [-0.2, -0.15) is 0 Å². The number of ether oxygens (including phenoxy) is 2. The van der Waals surface area contributed by atoms with Crippen molar-refractivity contribution in [3.05, 3.63) is 53.6 Å². The van der Waals surface area contributed by atoms with Gasteiger partial charge in [0.25, 0.3) is 0 Å². The molecule has 0 radical (unpaired) electrons. The zero-order chi connectivity index (χ0) is 17.5. The van der Waals surface area contributed by atoms with Crippen LogP contribution in [-0.2, 0) is 10.5 Å². The van der Waals surface area contributed by atoms with E-state index in [4.69, 9.17) is 9.47 Å². The van der Waals surface area contributed by atoms with Gasteiger partial charge in [-0.25, -0.2) is 0 Å². The van der Waals surface area contributed by atoms with Crippen molar-refractivity contribution in [2.45, 2.75) is 24.9 Å². The Labute approximate surface area is 147 Å². The Bertz CT molecular complexity index is 686. The molecule has 2 rings (SSSR count). The molecule has 1 unspecified atom stereocenters. The molecule has 1 amide bonds. The van der Waals surface area contributed by atoms with Gasteiger partial charge in [0, 0.05) is 17.5 Å². The SMILES string of the molecule is COc1ccc(NC(=O)C(C)SCc2ccc(C)cc2)cc1OC. The van der Waals surface area contributed by atoms with Crippen LogP contribution < -0.4 is 14.8 Å². The molecule has 1 N–H and O–H groups in total. The first-order valence-electron chi connectivity index (χ1n) is 7.73. The number of thioether (sulfide) groups is 1. The quantitative estimate of drug-likeness (QED) is 0.814. The standard InChI is InChI=1S/C19H23NO3S/c1-13-5-7-15(8-6-13)12-24-14(2)19(21)20-16-9-10-17(22-3)18(11-16)23-4/h5-11,14H,12H2,1-4H3,(H,20,21). The van der Waals surface area contributed by atoms with Crippen LogP contribution in [0.4, 0.5) is 5.69 Å². The third kappa shape index (κ3) is 4.93. The first kappa shape index (κ1) is 18.2. The van der Waals surface area contributed by atoms with E-state index in [9.17, 15) is 4.79 Å². The fraction of sp³-hybridized carbons (Fsp3) is 0.316. The number of methoxy groups -OCH3 is 2. The van der Waals surface area contributed by atoms with Gasteiger partial charge in [0.15, 0.2) is 11.5 Å². The second-order valence-corrected chi connectivity index (χ2v) is 6.83. The fourth-order valence-corrected chi connectivity index (χ4v) is 2.98. The van der Waals surface area contributed by atoms with E-state index >= 15 is 0 Å². The molecule has 4 nitrogen and oxygen atoms in total. The van der Waals surface area contributed by atoms with E-state index in [0.717, 1.165) is 5.75 Å². The average molecular weight is 345 g/mol. The molecule has 5 heteroatoms. The van der Waals surface area contributed by atoms with Crippen molar-refractivity contribution in [3.63, 3.8) is 0 Å². The molecular formula is C19H23NO3S. The largest absolute Gasteiger partial charge is 0.493 e. The summed E-state index contributed by atoms with van der Waals surface area (Å²) in [5.74, 6) is 2.01. The van der Waals surface area contributed by atoms with Crippen LogP contribution in [0.2, 0.25) is 0 Å². The summed E-state index contributed by atoms with van der Waals surface area (Å²) in [5, 5.41) is 2.76. The monoisotopic (exact) mass is 345 g/mol. The Morgan fingerprint density at radius 2 is 1.75 bits per heavy atom. The van der Waals surface area contributed by atoms with Crippen molar-refractivity contribution in [1.82, 2.24) is 0 Å². The highest BCUT2D eigenvalue weighted by atomic mass is 32.2. The van der Waals surface area contributed by atoms with E-state index in [-0.39, 0.29) is 11.2 Å². The highest BCUT2D eigenvalue weighted by Crippen LogP contribution is 2.30. The molecule has 1 atom stereocenters. The molecule has 0 aliphatic heterocycles. The number of amides is 1. The van der Waals surface area contributed by atoms with Crippen molar-refractivity contribution in [1.29, 1.82) is 0 Å². The van der Waals surface area contributed by atoms with Crippen LogP contribution in [-0.4, -0.2) is 25.4 Å². The number of carbonyl (C=O) groups is 1. The molecule has 0 saturated heterocycles. The number of hydrogen-bond acceptors (Lipinski definition) is 4. The van der Waals surface area contributed by atoms with Crippen molar-refractivity contribution >= 4 is 23.4 Å². The van der Waals surface area contributed by atoms with E-state index in [0.29, 0.717) is 17.2 Å². The lowest BCUT2D eigenvalue weighted by Crippen LogP contribution is -2.22. The first-order chi connectivity index (χ1) is 11.5. The van der Waals surface area contributed by atoms with Gasteiger partial charge in [0.05, 0.1) is 19.5 Å². The molecule has 2 aromatic rings. The predicted molar refractivity (Wildman–Crippen MR) is 100 cm³/mol. The fourth-order valence-electron chi connectivity index (χ4n) is 2.14. The van der Waals surface area contributed by atoms with Crippen LogP contribution in [0.3, 0.4) is 0 Å². The molecular weight excluding hydrogens is 322 g/mol. The summed E-state index contributed by atoms with van der Waals surface area (Å²) in [4.78, 5) is 12.3. The summed E-state index contributed by atoms with van der Waals surface area (Å²) in [7, 11) is 3.16. The first-order valence-corrected chi connectivity index (χ1v) is 8.78. The van der Waals surface area contributed by atoms with E-state index in [1.807, 2.05) is 6.92 Å². The summed E-state index contributed by atoms with van der Waals surface area (Å²) in [5.41, 5.74) is 3.15. The minimum absolute atomic E-state index is 0.0284. The molecule has 0 bridgehead atoms. The number of nitrogens with one attached hydrogen (secondary N) is 1. The zero-order valence-corrected chi connectivity index (χ0v) is 15.3. The average Bonchev–Trinajstić information content (AvgIpc) is 2.60. The molecule has 0 fully saturated rings. The number of rotatable bonds is 7. The van der Waals surface area contributed by atoms with Crippen molar-refractivity contribution < 1.29 is 14.3 Å². The van der Waals surface area contributed by atoms with Crippen LogP contribution in [0, 0.1) is 6.92 Å². The number of anilines is 1. The van der Waals surface area contributed by atoms with Gasteiger partial charge >= 0.3 is 0 Å². The maximum Gasteiger partial charge on any atom is 0.237 e. The lowest BCUT2D eigenvalue weighted by Gasteiger charge is -2.14. The van der Waals surface area contributed by atoms with E-state index in [1.54, 1.807) is 44.2 Å². The maximum atomic E-state index is 12.3. The van der Waals surface area contributed by atoms with E-state index in [2.05, 4.69) is 36.5 Å². The van der Waals surface area contributed by atoms with Crippen LogP contribution >= 0.6 is 11.8 Å². The summed E-state index contributed by atoms with van der Waals surface area (Å²) in [6.07, 6.45) is 0. The van der Waals surface area contributed by atoms with Gasteiger partial charge in [0.2, 0.25) is 5.91 Å². The Kier molecular flexibility index (Phi) is 6.55. The minimum atomic E-state index is -0.153. The molecule has 24 heavy (non-hydrogen) atoms. The second kappa shape index (κ2) is 8.64. The minimum Gasteiger partial charge on any atom is -0.493 e. The Morgan fingerprint density at radius 1 is 1.08 bits per heavy atom. The third-order valence-electron chi connectivity index (χ3n) is 3.64. The van der Waals surface area contributed by atoms with Crippen LogP contribution in [0.15, 0.2) is 42.5 Å². The normalized spacial score (nSPS) is 11.7. The molecule has 0 saturated carbocycles. The maximum absolute atomic E-state index is 12.3. The van der Waals surface area contributed by atoms with E-state index in [1.165, 1.54) is 11.1 Å². The van der Waals surface area contributed by atoms with Gasteiger partial charge in [-0.15, -0.1) is 11.8 Å². The predicted octanol–water partition coefficient (Wildman–Crippen LogP) is 4.27. The van der Waals surface area contributed by atoms with Crippen LogP contribution in [0.5, 0.6) is 11.5 Å². The summed E-state index contributed by atoms with van der Waals surface area (Å²) < 4.78 is 10.5. The zero-order valence-electron chi connectivity index (χ0n) is 14.5. The highest BCUT2D eigenvalue weighted by molar-refractivity contribution is 7.99. The molecule has 128 valence electrons. The van der Waals surface area contributed by atoms with Gasteiger partial charge in [-0.3, -0.25) is 4.79 Å². The molecule has 0 aromatic heterocycles. The summed E-state index contributed by atoms with van der Waals surface area (Å²) in [6.45, 7) is 3.98. The Balaban J connectivity index is 1.92. The lowest BCUT2D eigenvalue weighted by molar-refractivity contribution is -0.115. The second-order valence-electron chi connectivity index (χ2n) is 5.50. The topological polar surface area (TPSA) is 47.6 Å². The van der Waals surface area contributed by atoms with E-state index < -0.39 is 0 Å².